The Kier molecular flexibility index (Phi) is 3.27. The predicted octanol–water partition coefficient (Wildman–Crippen LogP) is 3.19. The second-order valence-corrected chi connectivity index (χ2v) is 5.86. The number of hydrogen-bond acceptors (Lipinski definition) is 2. The topological polar surface area (TPSA) is 23.5 Å². The Morgan fingerprint density at radius 2 is 2.19 bits per heavy atom. The number of aliphatic hydroxyl groups excluding tert-OH is 1. The molecule has 0 amide bonds. The zero-order valence-corrected chi connectivity index (χ0v) is 11.4. The van der Waals surface area contributed by atoms with Gasteiger partial charge >= 0.3 is 0 Å². The van der Waals surface area contributed by atoms with E-state index in [0.717, 1.165) is 23.9 Å². The zero-order chi connectivity index (χ0) is 11.8. The lowest BCUT2D eigenvalue weighted by molar-refractivity contribution is 0.0711. The van der Waals surface area contributed by atoms with Crippen molar-refractivity contribution in [1.29, 1.82) is 0 Å². The molecule has 3 heteroatoms. The molecule has 1 aliphatic rings. The maximum atomic E-state index is 10.1. The Morgan fingerprint density at radius 3 is 2.88 bits per heavy atom. The molecular weight excluding hydrogens is 266 g/mol. The molecule has 1 heterocycles. The van der Waals surface area contributed by atoms with E-state index in [1.165, 1.54) is 5.69 Å². The van der Waals surface area contributed by atoms with Crippen LogP contribution in [-0.2, 0) is 0 Å². The Bertz CT molecular complexity index is 378. The maximum absolute atomic E-state index is 10.1. The molecule has 1 saturated heterocycles. The Labute approximate surface area is 105 Å². The van der Waals surface area contributed by atoms with E-state index in [2.05, 4.69) is 46.8 Å². The van der Waals surface area contributed by atoms with Gasteiger partial charge in [-0.2, -0.15) is 0 Å². The van der Waals surface area contributed by atoms with E-state index in [0.29, 0.717) is 0 Å². The van der Waals surface area contributed by atoms with Crippen molar-refractivity contribution in [2.45, 2.75) is 38.3 Å². The van der Waals surface area contributed by atoms with E-state index in [9.17, 15) is 5.11 Å². The molecule has 0 saturated carbocycles. The first-order valence-electron chi connectivity index (χ1n) is 5.73. The lowest BCUT2D eigenvalue weighted by atomic mass is 9.87. The molecule has 1 fully saturated rings. The Hall–Kier alpha value is -0.540. The molecule has 0 spiro atoms. The number of rotatable bonds is 1. The molecule has 16 heavy (non-hydrogen) atoms. The third-order valence-corrected chi connectivity index (χ3v) is 3.98. The summed E-state index contributed by atoms with van der Waals surface area (Å²) in [6.45, 7) is 5.23. The summed E-state index contributed by atoms with van der Waals surface area (Å²) in [5.41, 5.74) is 0.997. The van der Waals surface area contributed by atoms with Gasteiger partial charge in [0.05, 0.1) is 11.6 Å². The normalized spacial score (nSPS) is 24.5. The van der Waals surface area contributed by atoms with Gasteiger partial charge in [0.15, 0.2) is 0 Å². The first-order chi connectivity index (χ1) is 7.51. The van der Waals surface area contributed by atoms with Gasteiger partial charge in [-0.25, -0.2) is 0 Å². The van der Waals surface area contributed by atoms with Gasteiger partial charge in [0.25, 0.3) is 0 Å². The van der Waals surface area contributed by atoms with Crippen molar-refractivity contribution in [3.63, 3.8) is 0 Å². The number of anilines is 1. The van der Waals surface area contributed by atoms with Crippen molar-refractivity contribution in [1.82, 2.24) is 0 Å². The number of nitrogens with zero attached hydrogens (tertiary/aromatic N) is 1. The zero-order valence-electron chi connectivity index (χ0n) is 9.78. The fourth-order valence-electron chi connectivity index (χ4n) is 2.37. The summed E-state index contributed by atoms with van der Waals surface area (Å²) in [6, 6.07) is 8.28. The van der Waals surface area contributed by atoms with E-state index in [4.69, 9.17) is 0 Å². The van der Waals surface area contributed by atoms with Crippen molar-refractivity contribution < 1.29 is 5.11 Å². The van der Waals surface area contributed by atoms with Gasteiger partial charge < -0.3 is 10.0 Å². The van der Waals surface area contributed by atoms with Gasteiger partial charge in [0.1, 0.15) is 0 Å². The van der Waals surface area contributed by atoms with Crippen LogP contribution in [0.1, 0.15) is 26.7 Å². The Morgan fingerprint density at radius 1 is 1.44 bits per heavy atom. The van der Waals surface area contributed by atoms with E-state index >= 15 is 0 Å². The summed E-state index contributed by atoms with van der Waals surface area (Å²) < 4.78 is 1.08. The van der Waals surface area contributed by atoms with Crippen LogP contribution in [0.5, 0.6) is 0 Å². The molecule has 88 valence electrons. The van der Waals surface area contributed by atoms with Crippen LogP contribution in [0, 0.1) is 0 Å². The van der Waals surface area contributed by atoms with Gasteiger partial charge in [-0.15, -0.1) is 0 Å². The van der Waals surface area contributed by atoms with Crippen molar-refractivity contribution >= 4 is 21.6 Å². The highest BCUT2D eigenvalue weighted by Crippen LogP contribution is 2.33. The molecule has 0 bridgehead atoms. The van der Waals surface area contributed by atoms with E-state index in [1.54, 1.807) is 0 Å². The lowest BCUT2D eigenvalue weighted by Gasteiger charge is -2.47. The molecular formula is C13H18BrNO. The fraction of sp³-hybridized carbons (Fsp3) is 0.538. The summed E-state index contributed by atoms with van der Waals surface area (Å²) in [7, 11) is 0. The van der Waals surface area contributed by atoms with Crippen LogP contribution >= 0.6 is 15.9 Å². The molecule has 2 rings (SSSR count). The molecule has 1 aromatic rings. The number of benzene rings is 1. The first-order valence-corrected chi connectivity index (χ1v) is 6.52. The SMILES string of the molecule is CC1(C)C(O)CCCN1c1cccc(Br)c1. The second kappa shape index (κ2) is 4.38. The van der Waals surface area contributed by atoms with Gasteiger partial charge in [-0.1, -0.05) is 22.0 Å². The van der Waals surface area contributed by atoms with E-state index in [1.807, 2.05) is 12.1 Å². The Balaban J connectivity index is 2.32. The molecule has 1 aromatic carbocycles. The van der Waals surface area contributed by atoms with Crippen LogP contribution < -0.4 is 4.90 Å². The van der Waals surface area contributed by atoms with Crippen LogP contribution in [0.15, 0.2) is 28.7 Å². The van der Waals surface area contributed by atoms with Crippen LogP contribution in [0.3, 0.4) is 0 Å². The van der Waals surface area contributed by atoms with Gasteiger partial charge in [0, 0.05) is 16.7 Å². The molecule has 0 aromatic heterocycles. The molecule has 1 unspecified atom stereocenters. The number of piperidine rings is 1. The number of hydrogen-bond donors (Lipinski definition) is 1. The van der Waals surface area contributed by atoms with E-state index < -0.39 is 0 Å². The van der Waals surface area contributed by atoms with Gasteiger partial charge in [-0.05, 0) is 44.9 Å². The van der Waals surface area contributed by atoms with Crippen molar-refractivity contribution in [2.24, 2.45) is 0 Å². The fourth-order valence-corrected chi connectivity index (χ4v) is 2.76. The minimum atomic E-state index is -0.250. The lowest BCUT2D eigenvalue weighted by Crippen LogP contribution is -2.56. The molecule has 2 nitrogen and oxygen atoms in total. The second-order valence-electron chi connectivity index (χ2n) is 4.94. The molecule has 1 N–H and O–H groups in total. The summed E-state index contributed by atoms with van der Waals surface area (Å²) in [5.74, 6) is 0. The summed E-state index contributed by atoms with van der Waals surface area (Å²) in [4.78, 5) is 2.30. The predicted molar refractivity (Wildman–Crippen MR) is 70.8 cm³/mol. The summed E-state index contributed by atoms with van der Waals surface area (Å²) >= 11 is 3.49. The maximum Gasteiger partial charge on any atom is 0.0767 e. The highest BCUT2D eigenvalue weighted by atomic mass is 79.9. The summed E-state index contributed by atoms with van der Waals surface area (Å²) in [6.07, 6.45) is 1.70. The molecule has 1 atom stereocenters. The molecule has 1 aliphatic heterocycles. The number of halogens is 1. The quantitative estimate of drug-likeness (QED) is 0.856. The van der Waals surface area contributed by atoms with Crippen LogP contribution in [0.25, 0.3) is 0 Å². The van der Waals surface area contributed by atoms with Crippen molar-refractivity contribution in [3.05, 3.63) is 28.7 Å². The van der Waals surface area contributed by atoms with Gasteiger partial charge in [-0.3, -0.25) is 0 Å². The number of aliphatic hydroxyl groups is 1. The molecule has 0 aliphatic carbocycles. The van der Waals surface area contributed by atoms with Crippen LogP contribution in [-0.4, -0.2) is 23.3 Å². The average molecular weight is 284 g/mol. The van der Waals surface area contributed by atoms with Crippen LogP contribution in [0.2, 0.25) is 0 Å². The largest absolute Gasteiger partial charge is 0.391 e. The minimum Gasteiger partial charge on any atom is -0.391 e. The highest BCUT2D eigenvalue weighted by molar-refractivity contribution is 9.10. The average Bonchev–Trinajstić information content (AvgIpc) is 2.22. The van der Waals surface area contributed by atoms with Gasteiger partial charge in [0.2, 0.25) is 0 Å². The first kappa shape index (κ1) is 11.9. The van der Waals surface area contributed by atoms with Crippen molar-refractivity contribution in [3.8, 4) is 0 Å². The minimum absolute atomic E-state index is 0.182. The highest BCUT2D eigenvalue weighted by Gasteiger charge is 2.37. The molecule has 0 radical (unpaired) electrons. The third-order valence-electron chi connectivity index (χ3n) is 3.49. The van der Waals surface area contributed by atoms with E-state index in [-0.39, 0.29) is 11.6 Å². The standard InChI is InChI=1S/C13H18BrNO/c1-13(2)12(16)7-4-8-15(13)11-6-3-5-10(14)9-11/h3,5-6,9,12,16H,4,7-8H2,1-2H3. The monoisotopic (exact) mass is 283 g/mol. The van der Waals surface area contributed by atoms with Crippen LogP contribution in [0.4, 0.5) is 5.69 Å². The van der Waals surface area contributed by atoms with Crippen molar-refractivity contribution in [2.75, 3.05) is 11.4 Å². The smallest absolute Gasteiger partial charge is 0.0767 e. The third kappa shape index (κ3) is 2.11. The summed E-state index contributed by atoms with van der Waals surface area (Å²) in [5, 5.41) is 10.1.